The number of rotatable bonds is 10. The van der Waals surface area contributed by atoms with E-state index in [0.29, 0.717) is 0 Å². The Bertz CT molecular complexity index is 1160. The van der Waals surface area contributed by atoms with Crippen molar-refractivity contribution in [2.45, 2.75) is 24.9 Å². The van der Waals surface area contributed by atoms with Crippen molar-refractivity contribution >= 4 is 23.6 Å². The first-order valence-electron chi connectivity index (χ1n) is 11.0. The number of primary amides is 1. The second-order valence-electron chi connectivity index (χ2n) is 7.97. The first kappa shape index (κ1) is 26.0. The number of nitrogens with zero attached hydrogens (tertiary/aromatic N) is 2. The van der Waals surface area contributed by atoms with E-state index in [2.05, 4.69) is 15.8 Å². The van der Waals surface area contributed by atoms with Crippen LogP contribution in [0.5, 0.6) is 0 Å². The molecule has 0 aliphatic carbocycles. The van der Waals surface area contributed by atoms with Crippen LogP contribution in [0.15, 0.2) is 79.1 Å². The molecular formula is C25H27N7O4. The Labute approximate surface area is 207 Å². The molecule has 0 saturated heterocycles. The Morgan fingerprint density at radius 3 is 1.61 bits per heavy atom. The van der Waals surface area contributed by atoms with Gasteiger partial charge in [0.25, 0.3) is 17.7 Å². The van der Waals surface area contributed by atoms with E-state index >= 15 is 0 Å². The molecule has 0 radical (unpaired) electrons. The number of amides is 4. The van der Waals surface area contributed by atoms with Crippen molar-refractivity contribution in [2.24, 2.45) is 17.4 Å². The smallest absolute Gasteiger partial charge is 0.257 e. The average Bonchev–Trinajstić information content (AvgIpc) is 2.92. The van der Waals surface area contributed by atoms with Gasteiger partial charge in [-0.05, 0) is 17.2 Å². The molecule has 1 heterocycles. The number of pyridine rings is 1. The van der Waals surface area contributed by atoms with Crippen LogP contribution in [0.3, 0.4) is 0 Å². The highest BCUT2D eigenvalue weighted by atomic mass is 16.2. The molecule has 0 saturated carbocycles. The van der Waals surface area contributed by atoms with E-state index < -0.39 is 35.7 Å². The highest BCUT2D eigenvalue weighted by Crippen LogP contribution is 2.21. The van der Waals surface area contributed by atoms with Crippen LogP contribution in [0.25, 0.3) is 0 Å². The summed E-state index contributed by atoms with van der Waals surface area (Å²) >= 11 is 0. The molecule has 8 N–H and O–H groups in total. The highest BCUT2D eigenvalue weighted by molar-refractivity contribution is 6.02. The van der Waals surface area contributed by atoms with Gasteiger partial charge in [-0.25, -0.2) is 11.7 Å². The van der Waals surface area contributed by atoms with E-state index in [1.54, 1.807) is 48.5 Å². The van der Waals surface area contributed by atoms with Crippen molar-refractivity contribution in [3.05, 3.63) is 101 Å². The summed E-state index contributed by atoms with van der Waals surface area (Å²) in [5.41, 5.74) is 10.9. The zero-order valence-corrected chi connectivity index (χ0v) is 19.3. The van der Waals surface area contributed by atoms with Crippen molar-refractivity contribution in [1.82, 2.24) is 20.7 Å². The van der Waals surface area contributed by atoms with Crippen LogP contribution < -0.4 is 28.3 Å². The summed E-state index contributed by atoms with van der Waals surface area (Å²) in [6.45, 7) is 0. The Morgan fingerprint density at radius 1 is 0.750 bits per heavy atom. The summed E-state index contributed by atoms with van der Waals surface area (Å²) in [6, 6.07) is 16.7. The second kappa shape index (κ2) is 12.2. The molecule has 186 valence electrons. The minimum atomic E-state index is -1.21. The average molecular weight is 490 g/mol. The van der Waals surface area contributed by atoms with E-state index in [1.165, 1.54) is 18.5 Å². The third-order valence-electron chi connectivity index (χ3n) is 5.61. The minimum absolute atomic E-state index is 0.00780. The molecule has 0 aliphatic heterocycles. The van der Waals surface area contributed by atoms with Crippen molar-refractivity contribution in [2.75, 3.05) is 0 Å². The number of aromatic nitrogens is 1. The predicted octanol–water partition coefficient (Wildman–Crippen LogP) is -0.175. The van der Waals surface area contributed by atoms with Gasteiger partial charge in [0.1, 0.15) is 12.1 Å². The maximum absolute atomic E-state index is 13.9. The topological polar surface area (TPSA) is 187 Å². The number of nitrogens with one attached hydrogen (secondary N) is 2. The number of hydrazine groups is 2. The zero-order valence-electron chi connectivity index (χ0n) is 19.3. The fourth-order valence-electron chi connectivity index (χ4n) is 3.84. The maximum atomic E-state index is 13.9. The summed E-state index contributed by atoms with van der Waals surface area (Å²) in [5, 5.41) is 0. The molecule has 11 nitrogen and oxygen atoms in total. The summed E-state index contributed by atoms with van der Waals surface area (Å²) < 4.78 is 0. The third kappa shape index (κ3) is 6.29. The number of benzene rings is 2. The summed E-state index contributed by atoms with van der Waals surface area (Å²) in [5.74, 6) is 8.06. The standard InChI is InChI=1S/C25H27N7O4/c26-22(33)18-13-19(15-29-14-18)25(36)32(20(23(34)30-27)11-16-7-3-1-4-8-16)21(24(35)31-28)12-17-9-5-2-6-10-17/h1-10,13-15,20-21H,11-12,27-28H2,(H2,26,33)(H,30,34)(H,31,35)/t20-,21-/m0/s1. The quantitative estimate of drug-likeness (QED) is 0.148. The molecule has 3 rings (SSSR count). The zero-order chi connectivity index (χ0) is 26.1. The van der Waals surface area contributed by atoms with Crippen LogP contribution in [-0.4, -0.2) is 45.6 Å². The van der Waals surface area contributed by atoms with E-state index in [9.17, 15) is 19.2 Å². The lowest BCUT2D eigenvalue weighted by atomic mass is 9.97. The van der Waals surface area contributed by atoms with Crippen molar-refractivity contribution in [3.8, 4) is 0 Å². The molecule has 4 amide bonds. The minimum Gasteiger partial charge on any atom is -0.366 e. The number of hydrogen-bond acceptors (Lipinski definition) is 7. The molecule has 2 aromatic carbocycles. The van der Waals surface area contributed by atoms with Crippen LogP contribution >= 0.6 is 0 Å². The van der Waals surface area contributed by atoms with E-state index in [0.717, 1.165) is 16.0 Å². The molecule has 0 bridgehead atoms. The van der Waals surface area contributed by atoms with Gasteiger partial charge in [-0.15, -0.1) is 0 Å². The molecule has 1 aromatic heterocycles. The van der Waals surface area contributed by atoms with E-state index in [4.69, 9.17) is 17.4 Å². The van der Waals surface area contributed by atoms with Crippen LogP contribution in [-0.2, 0) is 22.4 Å². The summed E-state index contributed by atoms with van der Waals surface area (Å²) in [7, 11) is 0. The van der Waals surface area contributed by atoms with Gasteiger partial charge >= 0.3 is 0 Å². The monoisotopic (exact) mass is 489 g/mol. The number of nitrogens with two attached hydrogens (primary N) is 3. The molecule has 2 atom stereocenters. The van der Waals surface area contributed by atoms with Gasteiger partial charge in [-0.1, -0.05) is 60.7 Å². The van der Waals surface area contributed by atoms with Crippen molar-refractivity contribution in [3.63, 3.8) is 0 Å². The fourth-order valence-corrected chi connectivity index (χ4v) is 3.84. The number of carbonyl (C=O) groups excluding carboxylic acids is 4. The lowest BCUT2D eigenvalue weighted by Gasteiger charge is -2.36. The van der Waals surface area contributed by atoms with Crippen molar-refractivity contribution in [1.29, 1.82) is 0 Å². The van der Waals surface area contributed by atoms with E-state index in [-0.39, 0.29) is 24.0 Å². The maximum Gasteiger partial charge on any atom is 0.257 e. The second-order valence-corrected chi connectivity index (χ2v) is 7.97. The van der Waals surface area contributed by atoms with Gasteiger partial charge in [-0.3, -0.25) is 35.0 Å². The normalized spacial score (nSPS) is 12.2. The number of hydrogen-bond donors (Lipinski definition) is 5. The largest absolute Gasteiger partial charge is 0.366 e. The van der Waals surface area contributed by atoms with Crippen LogP contribution in [0, 0.1) is 0 Å². The highest BCUT2D eigenvalue weighted by Gasteiger charge is 2.39. The van der Waals surface area contributed by atoms with Gasteiger partial charge < -0.3 is 10.6 Å². The van der Waals surface area contributed by atoms with Gasteiger partial charge in [0.15, 0.2) is 0 Å². The molecule has 0 unspecified atom stereocenters. The molecule has 0 spiro atoms. The Hall–Kier alpha value is -4.61. The third-order valence-corrected chi connectivity index (χ3v) is 5.61. The molecule has 0 fully saturated rings. The lowest BCUT2D eigenvalue weighted by Crippen LogP contribution is -2.61. The van der Waals surface area contributed by atoms with Crippen LogP contribution in [0.4, 0.5) is 0 Å². The molecule has 0 aliphatic rings. The first-order chi connectivity index (χ1) is 17.3. The summed E-state index contributed by atoms with van der Waals surface area (Å²) in [4.78, 5) is 56.8. The van der Waals surface area contributed by atoms with Crippen molar-refractivity contribution < 1.29 is 19.2 Å². The van der Waals surface area contributed by atoms with E-state index in [1.807, 2.05) is 12.1 Å². The summed E-state index contributed by atoms with van der Waals surface area (Å²) in [6.07, 6.45) is 2.52. The Balaban J connectivity index is 2.16. The predicted molar refractivity (Wildman–Crippen MR) is 131 cm³/mol. The Morgan fingerprint density at radius 2 is 1.19 bits per heavy atom. The number of carbonyl (C=O) groups is 4. The Kier molecular flexibility index (Phi) is 8.81. The van der Waals surface area contributed by atoms with Gasteiger partial charge in [0.2, 0.25) is 5.91 Å². The molecular weight excluding hydrogens is 462 g/mol. The molecule has 36 heavy (non-hydrogen) atoms. The van der Waals surface area contributed by atoms with Crippen LogP contribution in [0.1, 0.15) is 31.8 Å². The lowest BCUT2D eigenvalue weighted by molar-refractivity contribution is -0.131. The molecule has 11 heteroatoms. The van der Waals surface area contributed by atoms with Gasteiger partial charge in [-0.2, -0.15) is 0 Å². The van der Waals surface area contributed by atoms with Gasteiger partial charge in [0.05, 0.1) is 11.1 Å². The van der Waals surface area contributed by atoms with Gasteiger partial charge in [0, 0.05) is 25.2 Å². The first-order valence-corrected chi connectivity index (χ1v) is 11.0. The molecule has 3 aromatic rings. The van der Waals surface area contributed by atoms with Crippen LogP contribution in [0.2, 0.25) is 0 Å². The SMILES string of the molecule is NNC(=O)[C@H](Cc1ccccc1)N(C(=O)c1cncc(C(N)=O)c1)[C@@H](Cc1ccccc1)C(=O)NN. The fraction of sp³-hybridized carbons (Fsp3) is 0.160.